The van der Waals surface area contributed by atoms with E-state index in [1.165, 1.54) is 15.4 Å². The van der Waals surface area contributed by atoms with Gasteiger partial charge in [-0.25, -0.2) is 0 Å². The van der Waals surface area contributed by atoms with Crippen LogP contribution in [0, 0.1) is 0 Å². The molecule has 0 spiro atoms. The Morgan fingerprint density at radius 2 is 1.38 bits per heavy atom. The van der Waals surface area contributed by atoms with Gasteiger partial charge >= 0.3 is 0 Å². The van der Waals surface area contributed by atoms with Crippen LogP contribution in [0.5, 0.6) is 0 Å². The summed E-state index contributed by atoms with van der Waals surface area (Å²) in [5, 5.41) is 0. The van der Waals surface area contributed by atoms with E-state index in [-0.39, 0.29) is 0 Å². The van der Waals surface area contributed by atoms with E-state index < -0.39 is 0 Å². The van der Waals surface area contributed by atoms with Gasteiger partial charge in [-0.3, -0.25) is 0 Å². The molecule has 0 heterocycles. The topological polar surface area (TPSA) is 0 Å². The first-order valence-electron chi connectivity index (χ1n) is 8.41. The first-order valence-corrected chi connectivity index (χ1v) is 10.4. The van der Waals surface area contributed by atoms with Gasteiger partial charge in [-0.1, -0.05) is 59.7 Å². The Hall–Kier alpha value is -1.38. The number of thioether (sulfide) groups is 2. The molecular weight excluding hydrogens is 328 g/mol. The van der Waals surface area contributed by atoms with E-state index in [0.29, 0.717) is 0 Å². The summed E-state index contributed by atoms with van der Waals surface area (Å²) in [6, 6.07) is 21.3. The van der Waals surface area contributed by atoms with Gasteiger partial charge < -0.3 is 0 Å². The van der Waals surface area contributed by atoms with Crippen LogP contribution in [0.15, 0.2) is 93.8 Å². The van der Waals surface area contributed by atoms with Gasteiger partial charge in [0.15, 0.2) is 0 Å². The molecule has 0 unspecified atom stereocenters. The Bertz CT molecular complexity index is 638. The van der Waals surface area contributed by atoms with Crippen molar-refractivity contribution in [2.24, 2.45) is 0 Å². The van der Waals surface area contributed by atoms with Gasteiger partial charge in [0.2, 0.25) is 0 Å². The maximum atomic E-state index is 2.42. The molecule has 0 amide bonds. The first-order chi connectivity index (χ1) is 11.7. The van der Waals surface area contributed by atoms with Crippen molar-refractivity contribution in [1.29, 1.82) is 0 Å². The molecule has 0 fully saturated rings. The molecule has 0 atom stereocenters. The second kappa shape index (κ2) is 11.2. The lowest BCUT2D eigenvalue weighted by atomic mass is 10.1. The van der Waals surface area contributed by atoms with Crippen molar-refractivity contribution >= 4 is 23.5 Å². The highest BCUT2D eigenvalue weighted by Crippen LogP contribution is 2.24. The van der Waals surface area contributed by atoms with Gasteiger partial charge in [0, 0.05) is 21.3 Å². The third kappa shape index (κ3) is 7.94. The van der Waals surface area contributed by atoms with Gasteiger partial charge in [-0.05, 0) is 51.0 Å². The fourth-order valence-corrected chi connectivity index (χ4v) is 4.07. The molecule has 2 rings (SSSR count). The minimum atomic E-state index is 1.05. The van der Waals surface area contributed by atoms with Crippen molar-refractivity contribution < 1.29 is 0 Å². The number of hydrogen-bond acceptors (Lipinski definition) is 2. The van der Waals surface area contributed by atoms with Crippen LogP contribution in [0.4, 0.5) is 0 Å². The Labute approximate surface area is 155 Å². The molecule has 0 aromatic heterocycles. The second-order valence-electron chi connectivity index (χ2n) is 5.91. The fourth-order valence-electron chi connectivity index (χ4n) is 2.24. The quantitative estimate of drug-likeness (QED) is 0.344. The lowest BCUT2D eigenvalue weighted by molar-refractivity contribution is 0.968. The van der Waals surface area contributed by atoms with E-state index >= 15 is 0 Å². The highest BCUT2D eigenvalue weighted by molar-refractivity contribution is 7.99. The van der Waals surface area contributed by atoms with E-state index in [4.69, 9.17) is 0 Å². The summed E-state index contributed by atoms with van der Waals surface area (Å²) >= 11 is 3.84. The molecule has 0 aliphatic rings. The standard InChI is InChI=1S/C22H26S2/c1-19(2)10-9-11-20(18-24-22-14-7-4-8-15-22)16-17-23-21-12-5-3-6-13-21/h3-8,10,12-16H,9,11,17-18H2,1-2H3/b20-16+. The van der Waals surface area contributed by atoms with E-state index in [9.17, 15) is 0 Å². The number of rotatable bonds is 9. The normalized spacial score (nSPS) is 11.3. The van der Waals surface area contributed by atoms with E-state index in [2.05, 4.69) is 86.7 Å². The Morgan fingerprint density at radius 1 is 0.792 bits per heavy atom. The predicted molar refractivity (Wildman–Crippen MR) is 111 cm³/mol. The molecule has 2 aromatic rings. The van der Waals surface area contributed by atoms with E-state index in [0.717, 1.165) is 24.3 Å². The molecule has 0 aliphatic carbocycles. The van der Waals surface area contributed by atoms with Gasteiger partial charge in [-0.15, -0.1) is 23.5 Å². The van der Waals surface area contributed by atoms with Crippen LogP contribution in [0.1, 0.15) is 26.7 Å². The van der Waals surface area contributed by atoms with Crippen molar-refractivity contribution in [3.05, 3.63) is 84.0 Å². The van der Waals surface area contributed by atoms with Crippen molar-refractivity contribution in [1.82, 2.24) is 0 Å². The molecule has 0 nitrogen and oxygen atoms in total. The fraction of sp³-hybridized carbons (Fsp3) is 0.273. The third-order valence-corrected chi connectivity index (χ3v) is 5.61. The Balaban J connectivity index is 1.90. The van der Waals surface area contributed by atoms with Gasteiger partial charge in [0.25, 0.3) is 0 Å². The summed E-state index contributed by atoms with van der Waals surface area (Å²) in [6.45, 7) is 4.35. The average Bonchev–Trinajstić information content (AvgIpc) is 2.61. The maximum Gasteiger partial charge on any atom is 0.0191 e. The summed E-state index contributed by atoms with van der Waals surface area (Å²) in [6.07, 6.45) is 7.05. The van der Waals surface area contributed by atoms with E-state index in [1.807, 2.05) is 23.5 Å². The molecule has 0 bridgehead atoms. The highest BCUT2D eigenvalue weighted by Gasteiger charge is 2.00. The lowest BCUT2D eigenvalue weighted by Gasteiger charge is -2.07. The smallest absolute Gasteiger partial charge is 0.0191 e. The molecule has 2 heteroatoms. The average molecular weight is 355 g/mol. The molecule has 0 aliphatic heterocycles. The minimum Gasteiger partial charge on any atom is -0.122 e. The highest BCUT2D eigenvalue weighted by atomic mass is 32.2. The van der Waals surface area contributed by atoms with Crippen LogP contribution in [0.3, 0.4) is 0 Å². The van der Waals surface area contributed by atoms with Crippen LogP contribution >= 0.6 is 23.5 Å². The SMILES string of the molecule is CC(C)=CCC/C(=C\CSc1ccccc1)CSc1ccccc1. The Kier molecular flexibility index (Phi) is 8.86. The van der Waals surface area contributed by atoms with Crippen molar-refractivity contribution in [3.63, 3.8) is 0 Å². The van der Waals surface area contributed by atoms with Crippen LogP contribution in [0.25, 0.3) is 0 Å². The van der Waals surface area contributed by atoms with Gasteiger partial charge in [0.05, 0.1) is 0 Å². The zero-order valence-corrected chi connectivity index (χ0v) is 16.2. The zero-order valence-electron chi connectivity index (χ0n) is 14.6. The van der Waals surface area contributed by atoms with Crippen LogP contribution in [0.2, 0.25) is 0 Å². The maximum absolute atomic E-state index is 2.42. The molecule has 24 heavy (non-hydrogen) atoms. The molecule has 0 saturated carbocycles. The first kappa shape index (κ1) is 19.0. The number of benzene rings is 2. The number of allylic oxidation sites excluding steroid dienone is 2. The summed E-state index contributed by atoms with van der Waals surface area (Å²) < 4.78 is 0. The lowest BCUT2D eigenvalue weighted by Crippen LogP contribution is -1.90. The summed E-state index contributed by atoms with van der Waals surface area (Å²) in [7, 11) is 0. The third-order valence-electron chi connectivity index (χ3n) is 3.55. The number of hydrogen-bond donors (Lipinski definition) is 0. The minimum absolute atomic E-state index is 1.05. The van der Waals surface area contributed by atoms with Crippen LogP contribution in [-0.4, -0.2) is 11.5 Å². The molecule has 126 valence electrons. The molecular formula is C22H26S2. The molecule has 0 radical (unpaired) electrons. The molecule has 0 saturated heterocycles. The van der Waals surface area contributed by atoms with Crippen molar-refractivity contribution in [3.8, 4) is 0 Å². The van der Waals surface area contributed by atoms with Crippen molar-refractivity contribution in [2.45, 2.75) is 36.5 Å². The molecule has 2 aromatic carbocycles. The van der Waals surface area contributed by atoms with E-state index in [1.54, 1.807) is 5.57 Å². The zero-order chi connectivity index (χ0) is 17.0. The summed E-state index contributed by atoms with van der Waals surface area (Å²) in [5.41, 5.74) is 2.95. The summed E-state index contributed by atoms with van der Waals surface area (Å²) in [5.74, 6) is 2.12. The van der Waals surface area contributed by atoms with Crippen LogP contribution < -0.4 is 0 Å². The second-order valence-corrected chi connectivity index (χ2v) is 8.05. The summed E-state index contributed by atoms with van der Waals surface area (Å²) in [4.78, 5) is 2.69. The largest absolute Gasteiger partial charge is 0.122 e. The monoisotopic (exact) mass is 354 g/mol. The van der Waals surface area contributed by atoms with Gasteiger partial charge in [0.1, 0.15) is 0 Å². The Morgan fingerprint density at radius 3 is 1.96 bits per heavy atom. The predicted octanol–water partition coefficient (Wildman–Crippen LogP) is 7.24. The van der Waals surface area contributed by atoms with Crippen LogP contribution in [-0.2, 0) is 0 Å². The van der Waals surface area contributed by atoms with Gasteiger partial charge in [-0.2, -0.15) is 0 Å². The van der Waals surface area contributed by atoms with Crippen molar-refractivity contribution in [2.75, 3.05) is 11.5 Å². The molecule has 0 N–H and O–H groups in total.